The predicted molar refractivity (Wildman–Crippen MR) is 87.4 cm³/mol. The number of nitrogens with zero attached hydrogens (tertiary/aromatic N) is 3. The number of aromatic nitrogens is 3. The summed E-state index contributed by atoms with van der Waals surface area (Å²) in [4.78, 5) is 0. The molecule has 1 fully saturated rings. The lowest BCUT2D eigenvalue weighted by Crippen LogP contribution is -2.57. The van der Waals surface area contributed by atoms with Crippen LogP contribution in [0.1, 0.15) is 38.3 Å². The van der Waals surface area contributed by atoms with Crippen molar-refractivity contribution in [2.24, 2.45) is 7.05 Å². The van der Waals surface area contributed by atoms with Crippen LogP contribution >= 0.6 is 0 Å². The molecule has 2 rings (SSSR count). The van der Waals surface area contributed by atoms with Gasteiger partial charge in [-0.25, -0.2) is 0 Å². The second kappa shape index (κ2) is 10.1. The molecule has 1 aromatic rings. The third-order valence-electron chi connectivity index (χ3n) is 4.17. The first kappa shape index (κ1) is 20.2. The van der Waals surface area contributed by atoms with Crippen LogP contribution in [0.4, 0.5) is 0 Å². The maximum atomic E-state index is 9.83. The summed E-state index contributed by atoms with van der Waals surface area (Å²) >= 11 is 0. The molecule has 3 unspecified atom stereocenters. The molecule has 2 heterocycles. The average molecular weight is 359 g/mol. The van der Waals surface area contributed by atoms with Gasteiger partial charge in [0.2, 0.25) is 0 Å². The highest BCUT2D eigenvalue weighted by atomic mass is 16.7. The van der Waals surface area contributed by atoms with Crippen LogP contribution in [0.15, 0.2) is 6.20 Å². The zero-order chi connectivity index (χ0) is 18.2. The number of hydrogen-bond donors (Lipinski definition) is 3. The van der Waals surface area contributed by atoms with Crippen LogP contribution in [-0.4, -0.2) is 74.2 Å². The molecule has 1 saturated heterocycles. The van der Waals surface area contributed by atoms with E-state index in [1.54, 1.807) is 11.6 Å². The van der Waals surface area contributed by atoms with Crippen LogP contribution in [0.5, 0.6) is 0 Å². The molecule has 0 spiro atoms. The fourth-order valence-electron chi connectivity index (χ4n) is 2.65. The van der Waals surface area contributed by atoms with Crippen molar-refractivity contribution in [3.63, 3.8) is 0 Å². The van der Waals surface area contributed by atoms with Crippen LogP contribution in [0.3, 0.4) is 0 Å². The summed E-state index contributed by atoms with van der Waals surface area (Å²) in [6.07, 6.45) is 0.522. The zero-order valence-electron chi connectivity index (χ0n) is 14.8. The molecule has 9 nitrogen and oxygen atoms in total. The standard InChI is InChI=1S/C16H29N3O6/c1-11-13(20)14(21)15(22)16(25-11)24-8-6-4-3-5-7-23-10-12-9-19(2)18-17-12/h9,11,13-16,20-22H,3-8,10H2,1-2H3/t11?,13-,14?,15?,16-/m1/s1. The summed E-state index contributed by atoms with van der Waals surface area (Å²) in [6.45, 7) is 3.21. The minimum Gasteiger partial charge on any atom is -0.388 e. The van der Waals surface area contributed by atoms with Crippen LogP contribution in [0.2, 0.25) is 0 Å². The predicted octanol–water partition coefficient (Wildman–Crippen LogP) is -0.264. The Morgan fingerprint density at radius 2 is 1.80 bits per heavy atom. The molecule has 0 radical (unpaired) electrons. The second-order valence-electron chi connectivity index (χ2n) is 6.40. The molecule has 9 heteroatoms. The van der Waals surface area contributed by atoms with Crippen molar-refractivity contribution in [2.45, 2.75) is 69.9 Å². The minimum absolute atomic E-state index is 0.428. The van der Waals surface area contributed by atoms with E-state index in [0.29, 0.717) is 19.8 Å². The van der Waals surface area contributed by atoms with Crippen molar-refractivity contribution >= 4 is 0 Å². The van der Waals surface area contributed by atoms with Gasteiger partial charge in [0, 0.05) is 20.3 Å². The third-order valence-corrected chi connectivity index (χ3v) is 4.17. The van der Waals surface area contributed by atoms with E-state index in [0.717, 1.165) is 31.4 Å². The van der Waals surface area contributed by atoms with Gasteiger partial charge in [-0.3, -0.25) is 4.68 Å². The van der Waals surface area contributed by atoms with Gasteiger partial charge in [0.25, 0.3) is 0 Å². The first-order valence-corrected chi connectivity index (χ1v) is 8.73. The van der Waals surface area contributed by atoms with Crippen molar-refractivity contribution < 1.29 is 29.5 Å². The fraction of sp³-hybridized carbons (Fsp3) is 0.875. The Balaban J connectivity index is 1.46. The quantitative estimate of drug-likeness (QED) is 0.489. The summed E-state index contributed by atoms with van der Waals surface area (Å²) in [6, 6.07) is 0. The van der Waals surface area contributed by atoms with Crippen molar-refractivity contribution in [2.75, 3.05) is 13.2 Å². The Kier molecular flexibility index (Phi) is 8.20. The number of aryl methyl sites for hydroxylation is 1. The lowest BCUT2D eigenvalue weighted by Gasteiger charge is -2.38. The molecule has 5 atom stereocenters. The van der Waals surface area contributed by atoms with Crippen LogP contribution in [0.25, 0.3) is 0 Å². The lowest BCUT2D eigenvalue weighted by atomic mass is 10.0. The molecule has 1 aliphatic rings. The summed E-state index contributed by atoms with van der Waals surface area (Å²) in [7, 11) is 1.82. The van der Waals surface area contributed by atoms with Crippen LogP contribution < -0.4 is 0 Å². The van der Waals surface area contributed by atoms with E-state index in [1.807, 2.05) is 13.2 Å². The fourth-order valence-corrected chi connectivity index (χ4v) is 2.65. The van der Waals surface area contributed by atoms with E-state index in [-0.39, 0.29) is 0 Å². The first-order valence-electron chi connectivity index (χ1n) is 8.73. The molecule has 0 aliphatic carbocycles. The number of aliphatic hydroxyl groups is 3. The summed E-state index contributed by atoms with van der Waals surface area (Å²) in [5.74, 6) is 0. The monoisotopic (exact) mass is 359 g/mol. The van der Waals surface area contributed by atoms with Gasteiger partial charge in [-0.1, -0.05) is 18.1 Å². The van der Waals surface area contributed by atoms with Gasteiger partial charge in [0.1, 0.15) is 24.0 Å². The first-order chi connectivity index (χ1) is 12.0. The van der Waals surface area contributed by atoms with E-state index in [2.05, 4.69) is 10.3 Å². The zero-order valence-corrected chi connectivity index (χ0v) is 14.8. The highest BCUT2D eigenvalue weighted by Crippen LogP contribution is 2.21. The molecule has 1 aliphatic heterocycles. The Morgan fingerprint density at radius 1 is 1.08 bits per heavy atom. The second-order valence-corrected chi connectivity index (χ2v) is 6.40. The van der Waals surface area contributed by atoms with E-state index >= 15 is 0 Å². The third kappa shape index (κ3) is 6.28. The van der Waals surface area contributed by atoms with E-state index in [4.69, 9.17) is 14.2 Å². The number of rotatable bonds is 10. The van der Waals surface area contributed by atoms with Gasteiger partial charge in [0.05, 0.1) is 18.9 Å². The summed E-state index contributed by atoms with van der Waals surface area (Å²) in [5.41, 5.74) is 0.823. The molecular formula is C16H29N3O6. The Bertz CT molecular complexity index is 500. The highest BCUT2D eigenvalue weighted by molar-refractivity contribution is 4.88. The molecule has 1 aromatic heterocycles. The maximum absolute atomic E-state index is 9.83. The molecule has 0 bridgehead atoms. The van der Waals surface area contributed by atoms with E-state index in [1.165, 1.54) is 0 Å². The summed E-state index contributed by atoms with van der Waals surface area (Å²) in [5, 5.41) is 36.9. The Labute approximate surface area is 147 Å². The Morgan fingerprint density at radius 3 is 2.48 bits per heavy atom. The van der Waals surface area contributed by atoms with Crippen LogP contribution in [0, 0.1) is 0 Å². The molecule has 0 amide bonds. The molecule has 25 heavy (non-hydrogen) atoms. The van der Waals surface area contributed by atoms with Gasteiger partial charge >= 0.3 is 0 Å². The molecular weight excluding hydrogens is 330 g/mol. The smallest absolute Gasteiger partial charge is 0.186 e. The SMILES string of the molecule is CC1O[C@@H](OCCCCCCOCc2cn(C)nn2)C(O)C(O)[C@@H]1O. The maximum Gasteiger partial charge on any atom is 0.186 e. The van der Waals surface area contributed by atoms with E-state index < -0.39 is 30.7 Å². The minimum atomic E-state index is -1.25. The largest absolute Gasteiger partial charge is 0.388 e. The van der Waals surface area contributed by atoms with Gasteiger partial charge in [-0.15, -0.1) is 5.10 Å². The van der Waals surface area contributed by atoms with Crippen molar-refractivity contribution in [3.8, 4) is 0 Å². The number of ether oxygens (including phenoxy) is 3. The van der Waals surface area contributed by atoms with Gasteiger partial charge in [-0.05, 0) is 19.8 Å². The van der Waals surface area contributed by atoms with Gasteiger partial charge in [0.15, 0.2) is 6.29 Å². The van der Waals surface area contributed by atoms with Crippen LogP contribution in [-0.2, 0) is 27.9 Å². The summed E-state index contributed by atoms with van der Waals surface area (Å²) < 4.78 is 18.0. The average Bonchev–Trinajstić information content (AvgIpc) is 3.01. The molecule has 144 valence electrons. The number of unbranched alkanes of at least 4 members (excludes halogenated alkanes) is 3. The van der Waals surface area contributed by atoms with E-state index in [9.17, 15) is 15.3 Å². The van der Waals surface area contributed by atoms with Gasteiger partial charge < -0.3 is 29.5 Å². The normalized spacial score (nSPS) is 29.9. The molecule has 3 N–H and O–H groups in total. The molecule has 0 saturated carbocycles. The lowest BCUT2D eigenvalue weighted by molar-refractivity contribution is -0.293. The number of hydrogen-bond acceptors (Lipinski definition) is 8. The topological polar surface area (TPSA) is 119 Å². The van der Waals surface area contributed by atoms with Gasteiger partial charge in [-0.2, -0.15) is 0 Å². The van der Waals surface area contributed by atoms with Crippen molar-refractivity contribution in [1.82, 2.24) is 15.0 Å². The van der Waals surface area contributed by atoms with Crippen molar-refractivity contribution in [1.29, 1.82) is 0 Å². The number of aliphatic hydroxyl groups excluding tert-OH is 3. The highest BCUT2D eigenvalue weighted by Gasteiger charge is 2.42. The van der Waals surface area contributed by atoms with Crippen molar-refractivity contribution in [3.05, 3.63) is 11.9 Å². The Hall–Kier alpha value is -1.10. The molecule has 0 aromatic carbocycles.